The maximum absolute atomic E-state index is 13.2. The Kier molecular flexibility index (Phi) is 7.20. The van der Waals surface area contributed by atoms with Crippen LogP contribution < -0.4 is 14.2 Å². The second-order valence-corrected chi connectivity index (χ2v) is 9.41. The summed E-state index contributed by atoms with van der Waals surface area (Å²) in [6, 6.07) is 7.56. The van der Waals surface area contributed by atoms with E-state index in [0.29, 0.717) is 17.1 Å². The maximum atomic E-state index is 13.2. The van der Waals surface area contributed by atoms with Gasteiger partial charge in [-0.3, -0.25) is 4.79 Å². The minimum atomic E-state index is -3.84. The Bertz CT molecular complexity index is 1060. The largest absolute Gasteiger partial charge is 0.497 e. The molecule has 0 aliphatic carbocycles. The van der Waals surface area contributed by atoms with Crippen LogP contribution in [0.25, 0.3) is 0 Å². The van der Waals surface area contributed by atoms with Crippen LogP contribution in [0.4, 0.5) is 0 Å². The van der Waals surface area contributed by atoms with Gasteiger partial charge in [0.05, 0.1) is 31.4 Å². The summed E-state index contributed by atoms with van der Waals surface area (Å²) in [5.41, 5.74) is 0.307. The summed E-state index contributed by atoms with van der Waals surface area (Å²) >= 11 is 12.3. The van der Waals surface area contributed by atoms with Gasteiger partial charge in [-0.1, -0.05) is 23.2 Å². The molecule has 2 aromatic carbocycles. The van der Waals surface area contributed by atoms with Crippen molar-refractivity contribution in [2.45, 2.75) is 4.90 Å². The Morgan fingerprint density at radius 1 is 0.903 bits per heavy atom. The standard InChI is InChI=1S/C20H22Cl2N2O6S/c1-28-14-4-5-17(29-2)18(12-14)31(26,27)24-8-6-23(7-9-24)20(25)13-10-15(21)19(30-3)16(22)11-13/h4-5,10-12H,6-9H2,1-3H3. The molecule has 0 aromatic heterocycles. The van der Waals surface area contributed by atoms with Crippen LogP contribution in [0.5, 0.6) is 17.2 Å². The van der Waals surface area contributed by atoms with Gasteiger partial charge in [0, 0.05) is 37.8 Å². The third kappa shape index (κ3) is 4.69. The number of carbonyl (C=O) groups is 1. The van der Waals surface area contributed by atoms with Crippen LogP contribution in [0.15, 0.2) is 35.2 Å². The Hall–Kier alpha value is -2.20. The molecule has 1 aliphatic rings. The van der Waals surface area contributed by atoms with Gasteiger partial charge in [-0.15, -0.1) is 0 Å². The maximum Gasteiger partial charge on any atom is 0.254 e. The number of methoxy groups -OCH3 is 3. The molecule has 0 bridgehead atoms. The van der Waals surface area contributed by atoms with Crippen LogP contribution in [0.1, 0.15) is 10.4 Å². The second kappa shape index (κ2) is 9.52. The summed E-state index contributed by atoms with van der Waals surface area (Å²) in [6.45, 7) is 0.690. The number of halogens is 2. The lowest BCUT2D eigenvalue weighted by Crippen LogP contribution is -2.50. The van der Waals surface area contributed by atoms with Gasteiger partial charge in [-0.2, -0.15) is 4.31 Å². The summed E-state index contributed by atoms with van der Waals surface area (Å²) in [6.07, 6.45) is 0. The third-order valence-corrected chi connectivity index (χ3v) is 7.45. The smallest absolute Gasteiger partial charge is 0.254 e. The molecule has 0 saturated carbocycles. The number of carbonyl (C=O) groups excluding carboxylic acids is 1. The predicted molar refractivity (Wildman–Crippen MR) is 117 cm³/mol. The number of hydrogen-bond donors (Lipinski definition) is 0. The van der Waals surface area contributed by atoms with E-state index in [-0.39, 0.29) is 52.8 Å². The van der Waals surface area contributed by atoms with Crippen molar-refractivity contribution in [2.24, 2.45) is 0 Å². The van der Waals surface area contributed by atoms with E-state index in [9.17, 15) is 13.2 Å². The van der Waals surface area contributed by atoms with Crippen molar-refractivity contribution >= 4 is 39.1 Å². The first-order chi connectivity index (χ1) is 14.7. The van der Waals surface area contributed by atoms with Gasteiger partial charge in [0.1, 0.15) is 16.4 Å². The molecule has 1 fully saturated rings. The highest BCUT2D eigenvalue weighted by Crippen LogP contribution is 2.35. The summed E-state index contributed by atoms with van der Waals surface area (Å²) < 4.78 is 43.2. The first-order valence-electron chi connectivity index (χ1n) is 9.27. The number of ether oxygens (including phenoxy) is 3. The van der Waals surface area contributed by atoms with E-state index in [2.05, 4.69) is 0 Å². The lowest BCUT2D eigenvalue weighted by atomic mass is 10.1. The van der Waals surface area contributed by atoms with Gasteiger partial charge in [-0.05, 0) is 24.3 Å². The van der Waals surface area contributed by atoms with Gasteiger partial charge in [-0.25, -0.2) is 8.42 Å². The molecule has 0 unspecified atom stereocenters. The zero-order valence-corrected chi connectivity index (χ0v) is 19.6. The van der Waals surface area contributed by atoms with Crippen molar-refractivity contribution in [1.29, 1.82) is 0 Å². The highest BCUT2D eigenvalue weighted by molar-refractivity contribution is 7.89. The number of nitrogens with zero attached hydrogens (tertiary/aromatic N) is 2. The molecule has 0 N–H and O–H groups in total. The Labute approximate surface area is 191 Å². The summed E-state index contributed by atoms with van der Waals surface area (Å²) in [5, 5.41) is 0.453. The Morgan fingerprint density at radius 3 is 2.03 bits per heavy atom. The summed E-state index contributed by atoms with van der Waals surface area (Å²) in [5.74, 6) is 0.633. The molecule has 1 saturated heterocycles. The predicted octanol–water partition coefficient (Wildman–Crippen LogP) is 3.17. The minimum Gasteiger partial charge on any atom is -0.497 e. The highest BCUT2D eigenvalue weighted by Gasteiger charge is 2.33. The van der Waals surface area contributed by atoms with Crippen molar-refractivity contribution < 1.29 is 27.4 Å². The van der Waals surface area contributed by atoms with Crippen LogP contribution in [-0.4, -0.2) is 71.0 Å². The average Bonchev–Trinajstić information content (AvgIpc) is 2.77. The van der Waals surface area contributed by atoms with Gasteiger partial charge in [0.15, 0.2) is 5.75 Å². The summed E-state index contributed by atoms with van der Waals surface area (Å²) in [7, 11) is 0.458. The quantitative estimate of drug-likeness (QED) is 0.620. The molecular weight excluding hydrogens is 467 g/mol. The molecular formula is C20H22Cl2N2O6S. The molecule has 1 heterocycles. The zero-order chi connectivity index (χ0) is 22.8. The number of rotatable bonds is 6. The minimum absolute atomic E-state index is 0.0165. The van der Waals surface area contributed by atoms with E-state index in [1.807, 2.05) is 0 Å². The average molecular weight is 489 g/mol. The van der Waals surface area contributed by atoms with Crippen LogP contribution in [0.2, 0.25) is 10.0 Å². The van der Waals surface area contributed by atoms with E-state index in [1.54, 1.807) is 17.0 Å². The fraction of sp³-hybridized carbons (Fsp3) is 0.350. The molecule has 0 atom stereocenters. The van der Waals surface area contributed by atoms with Crippen molar-refractivity contribution in [3.05, 3.63) is 45.9 Å². The van der Waals surface area contributed by atoms with Crippen LogP contribution in [0, 0.1) is 0 Å². The molecule has 0 radical (unpaired) electrons. The molecule has 1 aliphatic heterocycles. The van der Waals surface area contributed by atoms with E-state index >= 15 is 0 Å². The lowest BCUT2D eigenvalue weighted by Gasteiger charge is -2.34. The molecule has 168 valence electrons. The van der Waals surface area contributed by atoms with Crippen molar-refractivity contribution in [2.75, 3.05) is 47.5 Å². The fourth-order valence-corrected chi connectivity index (χ4v) is 5.55. The van der Waals surface area contributed by atoms with Gasteiger partial charge in [0.2, 0.25) is 10.0 Å². The van der Waals surface area contributed by atoms with Gasteiger partial charge < -0.3 is 19.1 Å². The van der Waals surface area contributed by atoms with E-state index in [4.69, 9.17) is 37.4 Å². The molecule has 8 nitrogen and oxygen atoms in total. The zero-order valence-electron chi connectivity index (χ0n) is 17.2. The van der Waals surface area contributed by atoms with E-state index in [1.165, 1.54) is 43.8 Å². The van der Waals surface area contributed by atoms with Crippen LogP contribution in [-0.2, 0) is 10.0 Å². The number of sulfonamides is 1. The third-order valence-electron chi connectivity index (χ3n) is 4.96. The SMILES string of the molecule is COc1ccc(OC)c(S(=O)(=O)N2CCN(C(=O)c3cc(Cl)c(OC)c(Cl)c3)CC2)c1. The lowest BCUT2D eigenvalue weighted by molar-refractivity contribution is 0.0697. The van der Waals surface area contributed by atoms with Gasteiger partial charge >= 0.3 is 0 Å². The van der Waals surface area contributed by atoms with Crippen molar-refractivity contribution in [3.63, 3.8) is 0 Å². The second-order valence-electron chi connectivity index (χ2n) is 6.69. The van der Waals surface area contributed by atoms with Gasteiger partial charge in [0.25, 0.3) is 5.91 Å². The molecule has 31 heavy (non-hydrogen) atoms. The van der Waals surface area contributed by atoms with Crippen LogP contribution in [0.3, 0.4) is 0 Å². The highest BCUT2D eigenvalue weighted by atomic mass is 35.5. The fourth-order valence-electron chi connectivity index (χ4n) is 3.32. The first-order valence-corrected chi connectivity index (χ1v) is 11.5. The molecule has 3 rings (SSSR count). The summed E-state index contributed by atoms with van der Waals surface area (Å²) in [4.78, 5) is 14.5. The normalized spacial score (nSPS) is 14.9. The number of hydrogen-bond acceptors (Lipinski definition) is 6. The van der Waals surface area contributed by atoms with E-state index < -0.39 is 10.0 Å². The topological polar surface area (TPSA) is 85.4 Å². The molecule has 1 amide bonds. The van der Waals surface area contributed by atoms with E-state index in [0.717, 1.165) is 0 Å². The Morgan fingerprint density at radius 2 is 1.52 bits per heavy atom. The van der Waals surface area contributed by atoms with Crippen molar-refractivity contribution in [1.82, 2.24) is 9.21 Å². The monoisotopic (exact) mass is 488 g/mol. The first kappa shape index (κ1) is 23.5. The number of piperazine rings is 1. The molecule has 2 aromatic rings. The number of benzene rings is 2. The molecule has 11 heteroatoms. The Balaban J connectivity index is 1.77. The van der Waals surface area contributed by atoms with Crippen molar-refractivity contribution in [3.8, 4) is 17.2 Å². The molecule has 0 spiro atoms. The number of amides is 1. The van der Waals surface area contributed by atoms with Crippen LogP contribution >= 0.6 is 23.2 Å².